The van der Waals surface area contributed by atoms with E-state index in [1.165, 1.54) is 10.5 Å². The lowest BCUT2D eigenvalue weighted by Gasteiger charge is -2.35. The Morgan fingerprint density at radius 3 is 2.44 bits per heavy atom. The third kappa shape index (κ3) is 7.14. The van der Waals surface area contributed by atoms with Gasteiger partial charge in [-0.2, -0.15) is 4.98 Å². The van der Waals surface area contributed by atoms with E-state index in [1.807, 2.05) is 53.7 Å². The van der Waals surface area contributed by atoms with Crippen molar-refractivity contribution in [3.05, 3.63) is 47.4 Å². The molecule has 3 heterocycles. The van der Waals surface area contributed by atoms with Gasteiger partial charge in [0.15, 0.2) is 11.6 Å². The summed E-state index contributed by atoms with van der Waals surface area (Å²) < 4.78 is 25.3. The number of nitrogens with zero attached hydrogens (tertiary/aromatic N) is 5. The number of hydrogen-bond donors (Lipinski definition) is 1. The molecule has 1 aromatic carbocycles. The Balaban J connectivity index is 1.33. The highest BCUT2D eigenvalue weighted by atomic mass is 19.1. The first-order chi connectivity index (χ1) is 18.4. The lowest BCUT2D eigenvalue weighted by Crippen LogP contribution is -2.49. The van der Waals surface area contributed by atoms with Crippen molar-refractivity contribution < 1.29 is 23.5 Å². The lowest BCUT2D eigenvalue weighted by molar-refractivity contribution is 0.0139. The normalized spacial score (nSPS) is 19.3. The van der Waals surface area contributed by atoms with Gasteiger partial charge >= 0.3 is 12.2 Å². The molecule has 2 aromatic rings. The maximum absolute atomic E-state index is 14.6. The van der Waals surface area contributed by atoms with Gasteiger partial charge < -0.3 is 19.7 Å². The number of rotatable bonds is 7. The predicted octanol–water partition coefficient (Wildman–Crippen LogP) is 4.82. The van der Waals surface area contributed by atoms with Crippen LogP contribution in [0, 0.1) is 11.7 Å². The van der Waals surface area contributed by atoms with Gasteiger partial charge in [0.1, 0.15) is 12.2 Å². The highest BCUT2D eigenvalue weighted by Gasteiger charge is 2.39. The predicted molar refractivity (Wildman–Crippen MR) is 146 cm³/mol. The Labute approximate surface area is 229 Å². The summed E-state index contributed by atoms with van der Waals surface area (Å²) >= 11 is 0. The number of piperazine rings is 1. The van der Waals surface area contributed by atoms with Gasteiger partial charge in [0.25, 0.3) is 0 Å². The first kappa shape index (κ1) is 28.5. The monoisotopic (exact) mass is 542 g/mol. The van der Waals surface area contributed by atoms with Crippen LogP contribution in [0.1, 0.15) is 58.7 Å². The Morgan fingerprint density at radius 1 is 1.15 bits per heavy atom. The molecule has 2 aliphatic heterocycles. The second-order valence-electron chi connectivity index (χ2n) is 11.5. The molecule has 2 amide bonds. The van der Waals surface area contributed by atoms with Crippen molar-refractivity contribution in [3.63, 3.8) is 0 Å². The zero-order valence-corrected chi connectivity index (χ0v) is 23.6. The number of anilines is 2. The molecular formula is C28H39FN6O4. The van der Waals surface area contributed by atoms with Crippen LogP contribution in [-0.2, 0) is 16.0 Å². The van der Waals surface area contributed by atoms with Crippen LogP contribution in [0.2, 0.25) is 0 Å². The van der Waals surface area contributed by atoms with Crippen LogP contribution in [0.25, 0.3) is 0 Å². The quantitative estimate of drug-likeness (QED) is 0.532. The molecule has 10 nitrogen and oxygen atoms in total. The molecule has 0 radical (unpaired) electrons. The van der Waals surface area contributed by atoms with E-state index in [-0.39, 0.29) is 42.5 Å². The van der Waals surface area contributed by atoms with Gasteiger partial charge in [-0.1, -0.05) is 38.1 Å². The average molecular weight is 543 g/mol. The van der Waals surface area contributed by atoms with Crippen molar-refractivity contribution in [2.45, 2.75) is 65.8 Å². The summed E-state index contributed by atoms with van der Waals surface area (Å²) in [6.45, 7) is 15.3. The van der Waals surface area contributed by atoms with Crippen molar-refractivity contribution in [1.82, 2.24) is 19.8 Å². The van der Waals surface area contributed by atoms with Gasteiger partial charge in [0.05, 0.1) is 18.3 Å². The number of halogens is 1. The maximum Gasteiger partial charge on any atom is 0.416 e. The van der Waals surface area contributed by atoms with E-state index in [1.54, 1.807) is 4.90 Å². The molecular weight excluding hydrogens is 503 g/mol. The smallest absolute Gasteiger partial charge is 0.416 e. The Morgan fingerprint density at radius 2 is 1.82 bits per heavy atom. The number of ether oxygens (including phenoxy) is 2. The zero-order valence-electron chi connectivity index (χ0n) is 23.6. The molecule has 4 rings (SSSR count). The third-order valence-electron chi connectivity index (χ3n) is 6.88. The van der Waals surface area contributed by atoms with E-state index < -0.39 is 17.5 Å². The van der Waals surface area contributed by atoms with Gasteiger partial charge in [-0.3, -0.25) is 9.80 Å². The molecule has 212 valence electrons. The van der Waals surface area contributed by atoms with Gasteiger partial charge in [-0.25, -0.2) is 19.0 Å². The Bertz CT molecular complexity index is 1160. The van der Waals surface area contributed by atoms with Crippen molar-refractivity contribution in [3.8, 4) is 0 Å². The Kier molecular flexibility index (Phi) is 8.58. The topological polar surface area (TPSA) is 100 Å². The third-order valence-corrected chi connectivity index (χ3v) is 6.88. The molecule has 11 heteroatoms. The fourth-order valence-electron chi connectivity index (χ4n) is 4.63. The summed E-state index contributed by atoms with van der Waals surface area (Å²) in [5, 5.41) is 3.21. The van der Waals surface area contributed by atoms with Crippen LogP contribution < -0.4 is 10.2 Å². The summed E-state index contributed by atoms with van der Waals surface area (Å²) in [7, 11) is 0. The standard InChI is InChI=1S/C28H39FN6O4/c1-18(2)23-17-38-27(37)35(23)24-22(29)15-30-25(32-24)31-19(3)21-9-7-20(8-10-21)16-33-11-13-34(14-12-33)26(36)39-28(4,5)6/h7-10,15,18-19,23H,11-14,16-17H2,1-6H3,(H,30,31,32)/t19-,23+/m0/s1. The van der Waals surface area contributed by atoms with Crippen LogP contribution in [0.3, 0.4) is 0 Å². The lowest BCUT2D eigenvalue weighted by atomic mass is 10.0. The van der Waals surface area contributed by atoms with Crippen molar-refractivity contribution in [1.29, 1.82) is 0 Å². The summed E-state index contributed by atoms with van der Waals surface area (Å²) in [5.74, 6) is -0.446. The molecule has 0 bridgehead atoms. The molecule has 39 heavy (non-hydrogen) atoms. The molecule has 0 unspecified atom stereocenters. The minimum absolute atomic E-state index is 0.0773. The number of hydrogen-bond acceptors (Lipinski definition) is 8. The molecule has 1 aromatic heterocycles. The Hall–Kier alpha value is -3.47. The molecule has 0 aliphatic carbocycles. The largest absolute Gasteiger partial charge is 0.447 e. The van der Waals surface area contributed by atoms with Crippen LogP contribution in [0.5, 0.6) is 0 Å². The van der Waals surface area contributed by atoms with Crippen LogP contribution >= 0.6 is 0 Å². The SMILES string of the molecule is CC(C)[C@H]1COC(=O)N1c1nc(N[C@@H](C)c2ccc(CN3CCN(C(=O)OC(C)(C)C)CC3)cc2)ncc1F. The first-order valence-electron chi connectivity index (χ1n) is 13.5. The van der Waals surface area contributed by atoms with E-state index in [9.17, 15) is 14.0 Å². The second-order valence-corrected chi connectivity index (χ2v) is 11.5. The summed E-state index contributed by atoms with van der Waals surface area (Å²) in [5.41, 5.74) is 1.69. The zero-order chi connectivity index (χ0) is 28.3. The summed E-state index contributed by atoms with van der Waals surface area (Å²) in [6.07, 6.45) is 0.212. The average Bonchev–Trinajstić information content (AvgIpc) is 3.26. The van der Waals surface area contributed by atoms with E-state index in [4.69, 9.17) is 9.47 Å². The highest BCUT2D eigenvalue weighted by Crippen LogP contribution is 2.29. The summed E-state index contributed by atoms with van der Waals surface area (Å²) in [4.78, 5) is 38.4. The van der Waals surface area contributed by atoms with Crippen LogP contribution in [0.4, 0.5) is 25.7 Å². The van der Waals surface area contributed by atoms with Gasteiger partial charge in [-0.15, -0.1) is 0 Å². The van der Waals surface area contributed by atoms with E-state index in [0.717, 1.165) is 31.4 Å². The van der Waals surface area contributed by atoms with Crippen LogP contribution in [-0.4, -0.2) is 76.4 Å². The van der Waals surface area contributed by atoms with E-state index in [2.05, 4.69) is 32.3 Å². The molecule has 0 spiro atoms. The molecule has 2 aliphatic rings. The van der Waals surface area contributed by atoms with Crippen molar-refractivity contribution >= 4 is 24.0 Å². The van der Waals surface area contributed by atoms with Crippen LogP contribution in [0.15, 0.2) is 30.5 Å². The first-order valence-corrected chi connectivity index (χ1v) is 13.5. The van der Waals surface area contributed by atoms with E-state index >= 15 is 0 Å². The van der Waals surface area contributed by atoms with E-state index in [0.29, 0.717) is 13.1 Å². The molecule has 1 N–H and O–H groups in total. The summed E-state index contributed by atoms with van der Waals surface area (Å²) in [6, 6.07) is 7.81. The number of amides is 2. The van der Waals surface area contributed by atoms with Gasteiger partial charge in [0.2, 0.25) is 5.95 Å². The van der Waals surface area contributed by atoms with Crippen molar-refractivity contribution in [2.75, 3.05) is 43.0 Å². The minimum atomic E-state index is -0.672. The molecule has 0 saturated carbocycles. The number of nitrogens with one attached hydrogen (secondary N) is 1. The number of benzene rings is 1. The number of aromatic nitrogens is 2. The second kappa shape index (κ2) is 11.7. The molecule has 2 saturated heterocycles. The van der Waals surface area contributed by atoms with Gasteiger partial charge in [0, 0.05) is 32.7 Å². The number of carbonyl (C=O) groups is 2. The van der Waals surface area contributed by atoms with Crippen molar-refractivity contribution in [2.24, 2.45) is 5.92 Å². The minimum Gasteiger partial charge on any atom is -0.447 e. The number of carbonyl (C=O) groups excluding carboxylic acids is 2. The molecule has 2 atom stereocenters. The highest BCUT2D eigenvalue weighted by molar-refractivity contribution is 5.89. The van der Waals surface area contributed by atoms with Gasteiger partial charge in [-0.05, 0) is 44.7 Å². The fraction of sp³-hybridized carbons (Fsp3) is 0.571. The number of cyclic esters (lactones) is 1. The fourth-order valence-corrected chi connectivity index (χ4v) is 4.63. The maximum atomic E-state index is 14.6. The molecule has 2 fully saturated rings.